The molecule has 4 nitrogen and oxygen atoms in total. The van der Waals surface area contributed by atoms with Crippen LogP contribution in [0.3, 0.4) is 0 Å². The smallest absolute Gasteiger partial charge is 0.272 e. The number of aryl methyl sites for hydroxylation is 1. The third kappa shape index (κ3) is 2.55. The van der Waals surface area contributed by atoms with E-state index < -0.39 is 0 Å². The molecule has 1 saturated heterocycles. The van der Waals surface area contributed by atoms with Gasteiger partial charge < -0.3 is 4.90 Å². The summed E-state index contributed by atoms with van der Waals surface area (Å²) in [5.74, 6) is -0.250. The summed E-state index contributed by atoms with van der Waals surface area (Å²) in [6, 6.07) is 8.22. The van der Waals surface area contributed by atoms with Crippen LogP contribution in [0, 0.1) is 5.82 Å². The number of benzene rings is 1. The van der Waals surface area contributed by atoms with Crippen LogP contribution in [0.1, 0.15) is 41.9 Å². The van der Waals surface area contributed by atoms with Crippen LogP contribution in [0.2, 0.25) is 0 Å². The molecule has 1 aliphatic heterocycles. The molecule has 0 radical (unpaired) electrons. The molecular formula is C16H18FN3O. The van der Waals surface area contributed by atoms with Crippen molar-refractivity contribution < 1.29 is 9.18 Å². The summed E-state index contributed by atoms with van der Waals surface area (Å²) in [5, 5.41) is 4.16. The number of carbonyl (C=O) groups is 1. The Balaban J connectivity index is 1.87. The van der Waals surface area contributed by atoms with Gasteiger partial charge in [0.15, 0.2) is 0 Å². The summed E-state index contributed by atoms with van der Waals surface area (Å²) in [5.41, 5.74) is 1.61. The van der Waals surface area contributed by atoms with Gasteiger partial charge >= 0.3 is 0 Å². The predicted molar refractivity (Wildman–Crippen MR) is 77.3 cm³/mol. The average molecular weight is 287 g/mol. The van der Waals surface area contributed by atoms with Gasteiger partial charge in [0, 0.05) is 19.3 Å². The van der Waals surface area contributed by atoms with Crippen LogP contribution in [-0.4, -0.2) is 27.1 Å². The number of aromatic nitrogens is 2. The van der Waals surface area contributed by atoms with E-state index >= 15 is 0 Å². The van der Waals surface area contributed by atoms with Crippen molar-refractivity contribution in [3.05, 3.63) is 53.6 Å². The van der Waals surface area contributed by atoms with E-state index in [1.807, 2.05) is 11.8 Å². The molecule has 1 aliphatic rings. The lowest BCUT2D eigenvalue weighted by Gasteiger charge is -2.25. The van der Waals surface area contributed by atoms with Gasteiger partial charge in [-0.2, -0.15) is 5.10 Å². The Morgan fingerprint density at radius 2 is 2.10 bits per heavy atom. The molecule has 2 heterocycles. The van der Waals surface area contributed by atoms with Crippen LogP contribution in [0.5, 0.6) is 0 Å². The highest BCUT2D eigenvalue weighted by Gasteiger charge is 2.31. The van der Waals surface area contributed by atoms with Crippen molar-refractivity contribution in [2.45, 2.75) is 32.4 Å². The zero-order chi connectivity index (χ0) is 14.8. The molecule has 5 heteroatoms. The van der Waals surface area contributed by atoms with Crippen molar-refractivity contribution in [2.24, 2.45) is 0 Å². The first kappa shape index (κ1) is 13.8. The van der Waals surface area contributed by atoms with E-state index in [9.17, 15) is 9.18 Å². The van der Waals surface area contributed by atoms with Gasteiger partial charge in [0.25, 0.3) is 5.91 Å². The number of nitrogens with zero attached hydrogens (tertiary/aromatic N) is 3. The summed E-state index contributed by atoms with van der Waals surface area (Å²) in [4.78, 5) is 14.6. The fourth-order valence-corrected chi connectivity index (χ4v) is 2.95. The highest BCUT2D eigenvalue weighted by molar-refractivity contribution is 5.93. The summed E-state index contributed by atoms with van der Waals surface area (Å²) in [6.07, 6.45) is 3.53. The first-order valence-corrected chi connectivity index (χ1v) is 7.29. The molecule has 0 saturated carbocycles. The number of halogens is 1. The van der Waals surface area contributed by atoms with Crippen molar-refractivity contribution in [3.63, 3.8) is 0 Å². The second-order valence-electron chi connectivity index (χ2n) is 5.24. The van der Waals surface area contributed by atoms with Crippen molar-refractivity contribution in [2.75, 3.05) is 6.54 Å². The molecule has 1 fully saturated rings. The number of hydrogen-bond donors (Lipinski definition) is 0. The van der Waals surface area contributed by atoms with Crippen molar-refractivity contribution in [3.8, 4) is 0 Å². The summed E-state index contributed by atoms with van der Waals surface area (Å²) >= 11 is 0. The quantitative estimate of drug-likeness (QED) is 0.870. The van der Waals surface area contributed by atoms with Gasteiger partial charge in [-0.1, -0.05) is 12.1 Å². The molecule has 1 aromatic heterocycles. The number of likely N-dealkylation sites (tertiary alicyclic amines) is 1. The molecule has 0 N–H and O–H groups in total. The van der Waals surface area contributed by atoms with Gasteiger partial charge in [0.05, 0.1) is 6.04 Å². The molecule has 1 atom stereocenters. The number of amides is 1. The maximum atomic E-state index is 13.1. The summed E-state index contributed by atoms with van der Waals surface area (Å²) in [7, 11) is 0. The maximum absolute atomic E-state index is 13.1. The SMILES string of the molecule is CCn1nccc1C(=O)N1CCC[C@@H]1c1ccc(F)cc1. The Morgan fingerprint density at radius 1 is 1.33 bits per heavy atom. The molecule has 2 aromatic rings. The zero-order valence-electron chi connectivity index (χ0n) is 12.0. The minimum Gasteiger partial charge on any atom is -0.330 e. The fraction of sp³-hybridized carbons (Fsp3) is 0.375. The Hall–Kier alpha value is -2.17. The molecule has 0 bridgehead atoms. The summed E-state index contributed by atoms with van der Waals surface area (Å²) < 4.78 is 14.8. The monoisotopic (exact) mass is 287 g/mol. The van der Waals surface area contributed by atoms with E-state index in [1.165, 1.54) is 12.1 Å². The van der Waals surface area contributed by atoms with E-state index in [-0.39, 0.29) is 17.8 Å². The molecule has 1 aromatic carbocycles. The van der Waals surface area contributed by atoms with Crippen LogP contribution in [0.4, 0.5) is 4.39 Å². The minimum absolute atomic E-state index is 0.00109. The van der Waals surface area contributed by atoms with E-state index in [2.05, 4.69) is 5.10 Å². The Kier molecular flexibility index (Phi) is 3.73. The van der Waals surface area contributed by atoms with Gasteiger partial charge in [-0.3, -0.25) is 9.48 Å². The van der Waals surface area contributed by atoms with Gasteiger partial charge in [0.2, 0.25) is 0 Å². The number of carbonyl (C=O) groups excluding carboxylic acids is 1. The Labute approximate surface area is 123 Å². The fourth-order valence-electron chi connectivity index (χ4n) is 2.95. The van der Waals surface area contributed by atoms with Crippen LogP contribution in [0.15, 0.2) is 36.5 Å². The number of hydrogen-bond acceptors (Lipinski definition) is 2. The standard InChI is InChI=1S/C16H18FN3O/c1-2-20-15(9-10-18-20)16(21)19-11-3-4-14(19)12-5-7-13(17)8-6-12/h5-10,14H,2-4,11H2,1H3/t14-/m1/s1. The van der Waals surface area contributed by atoms with E-state index in [0.29, 0.717) is 12.2 Å². The molecule has 110 valence electrons. The largest absolute Gasteiger partial charge is 0.330 e. The van der Waals surface area contributed by atoms with Gasteiger partial charge in [0.1, 0.15) is 11.5 Å². The van der Waals surface area contributed by atoms with Crippen LogP contribution >= 0.6 is 0 Å². The lowest BCUT2D eigenvalue weighted by Crippen LogP contribution is -2.32. The van der Waals surface area contributed by atoms with E-state index in [1.54, 1.807) is 29.1 Å². The predicted octanol–water partition coefficient (Wildman–Crippen LogP) is 3.02. The topological polar surface area (TPSA) is 38.1 Å². The van der Waals surface area contributed by atoms with Gasteiger partial charge in [-0.05, 0) is 43.5 Å². The van der Waals surface area contributed by atoms with Crippen molar-refractivity contribution >= 4 is 5.91 Å². The molecule has 0 unspecified atom stereocenters. The first-order valence-electron chi connectivity index (χ1n) is 7.29. The second-order valence-corrected chi connectivity index (χ2v) is 5.24. The Bertz CT molecular complexity index is 635. The maximum Gasteiger partial charge on any atom is 0.272 e. The average Bonchev–Trinajstić information content (AvgIpc) is 3.16. The summed E-state index contributed by atoms with van der Waals surface area (Å²) in [6.45, 7) is 3.37. The van der Waals surface area contributed by atoms with Crippen LogP contribution in [-0.2, 0) is 6.54 Å². The molecule has 0 spiro atoms. The molecular weight excluding hydrogens is 269 g/mol. The normalized spacial score (nSPS) is 18.2. The molecule has 0 aliphatic carbocycles. The van der Waals surface area contributed by atoms with Gasteiger partial charge in [-0.15, -0.1) is 0 Å². The third-order valence-corrected chi connectivity index (χ3v) is 4.00. The minimum atomic E-state index is -0.251. The lowest BCUT2D eigenvalue weighted by molar-refractivity contribution is 0.0723. The molecule has 1 amide bonds. The van der Waals surface area contributed by atoms with Crippen molar-refractivity contribution in [1.82, 2.24) is 14.7 Å². The van der Waals surface area contributed by atoms with Crippen LogP contribution in [0.25, 0.3) is 0 Å². The highest BCUT2D eigenvalue weighted by atomic mass is 19.1. The van der Waals surface area contributed by atoms with E-state index in [0.717, 1.165) is 24.9 Å². The van der Waals surface area contributed by atoms with Crippen LogP contribution < -0.4 is 0 Å². The molecule has 3 rings (SSSR count). The molecule has 21 heavy (non-hydrogen) atoms. The third-order valence-electron chi connectivity index (χ3n) is 4.00. The lowest BCUT2D eigenvalue weighted by atomic mass is 10.0. The number of rotatable bonds is 3. The Morgan fingerprint density at radius 3 is 2.81 bits per heavy atom. The van der Waals surface area contributed by atoms with E-state index in [4.69, 9.17) is 0 Å². The first-order chi connectivity index (χ1) is 10.2. The zero-order valence-corrected chi connectivity index (χ0v) is 12.0. The van der Waals surface area contributed by atoms with Gasteiger partial charge in [-0.25, -0.2) is 4.39 Å². The second kappa shape index (κ2) is 5.68. The highest BCUT2D eigenvalue weighted by Crippen LogP contribution is 2.33. The van der Waals surface area contributed by atoms with Crippen molar-refractivity contribution in [1.29, 1.82) is 0 Å².